The molecule has 1 N–H and O–H groups in total. The number of halogens is 2. The summed E-state index contributed by atoms with van der Waals surface area (Å²) >= 11 is 11.5. The molecule has 126 valence electrons. The third-order valence-corrected chi connectivity index (χ3v) is 3.27. The maximum atomic E-state index is 11.8. The first-order valence-electron chi connectivity index (χ1n) is 6.94. The third kappa shape index (κ3) is 5.72. The number of benzene rings is 1. The molecule has 0 saturated carbocycles. The zero-order valence-electron chi connectivity index (χ0n) is 12.7. The van der Waals surface area contributed by atoms with Crippen molar-refractivity contribution in [1.29, 1.82) is 0 Å². The lowest BCUT2D eigenvalue weighted by Gasteiger charge is -2.14. The fourth-order valence-corrected chi connectivity index (χ4v) is 1.89. The van der Waals surface area contributed by atoms with E-state index in [1.807, 2.05) is 0 Å². The fraction of sp³-hybridized carbons (Fsp3) is 0.188. The molecule has 1 amide bonds. The first kappa shape index (κ1) is 18.0. The van der Waals surface area contributed by atoms with Crippen molar-refractivity contribution in [2.24, 2.45) is 0 Å². The molecule has 0 radical (unpaired) electrons. The van der Waals surface area contributed by atoms with Crippen LogP contribution in [0, 0.1) is 0 Å². The Morgan fingerprint density at radius 1 is 1.12 bits per heavy atom. The van der Waals surface area contributed by atoms with Gasteiger partial charge in [-0.25, -0.2) is 9.78 Å². The Morgan fingerprint density at radius 2 is 1.79 bits per heavy atom. The van der Waals surface area contributed by atoms with Crippen molar-refractivity contribution in [3.63, 3.8) is 0 Å². The summed E-state index contributed by atoms with van der Waals surface area (Å²) in [4.78, 5) is 27.4. The number of carbonyl (C=O) groups excluding carboxylic acids is 2. The lowest BCUT2D eigenvalue weighted by molar-refractivity contribution is -0.153. The van der Waals surface area contributed by atoms with Crippen molar-refractivity contribution in [3.8, 4) is 5.75 Å². The summed E-state index contributed by atoms with van der Waals surface area (Å²) in [6.07, 6.45) is 0.526. The standard InChI is InChI=1S/C16H14Cl2N2O4/c1-10(24-13-5-2-11(17)3-6-13)16(22)23-9-15(21)20-14-7-4-12(18)8-19-14/h2-8,10H,9H2,1H3,(H,19,20,21). The fourth-order valence-electron chi connectivity index (χ4n) is 1.65. The number of pyridine rings is 1. The molecule has 1 unspecified atom stereocenters. The highest BCUT2D eigenvalue weighted by Crippen LogP contribution is 2.17. The quantitative estimate of drug-likeness (QED) is 0.791. The van der Waals surface area contributed by atoms with Gasteiger partial charge in [-0.3, -0.25) is 4.79 Å². The molecule has 6 nitrogen and oxygen atoms in total. The summed E-state index contributed by atoms with van der Waals surface area (Å²) in [5, 5.41) is 3.49. The van der Waals surface area contributed by atoms with Gasteiger partial charge >= 0.3 is 5.97 Å². The van der Waals surface area contributed by atoms with Gasteiger partial charge in [0.05, 0.1) is 5.02 Å². The summed E-state index contributed by atoms with van der Waals surface area (Å²) in [6, 6.07) is 9.66. The first-order valence-corrected chi connectivity index (χ1v) is 7.70. The average molecular weight is 369 g/mol. The van der Waals surface area contributed by atoms with E-state index in [9.17, 15) is 9.59 Å². The van der Waals surface area contributed by atoms with Crippen molar-refractivity contribution in [2.75, 3.05) is 11.9 Å². The molecule has 0 aliphatic rings. The minimum Gasteiger partial charge on any atom is -0.479 e. The van der Waals surface area contributed by atoms with Crippen LogP contribution in [0.3, 0.4) is 0 Å². The van der Waals surface area contributed by atoms with Crippen LogP contribution >= 0.6 is 23.2 Å². The number of amides is 1. The molecule has 0 fully saturated rings. The van der Waals surface area contributed by atoms with Gasteiger partial charge < -0.3 is 14.8 Å². The molecular weight excluding hydrogens is 355 g/mol. The van der Waals surface area contributed by atoms with Gasteiger partial charge in [-0.15, -0.1) is 0 Å². The van der Waals surface area contributed by atoms with Crippen LogP contribution in [0.25, 0.3) is 0 Å². The van der Waals surface area contributed by atoms with Crippen molar-refractivity contribution < 1.29 is 19.1 Å². The van der Waals surface area contributed by atoms with Crippen LogP contribution < -0.4 is 10.1 Å². The molecule has 0 saturated heterocycles. The molecule has 2 aromatic rings. The molecule has 8 heteroatoms. The Kier molecular flexibility index (Phi) is 6.40. The highest BCUT2D eigenvalue weighted by molar-refractivity contribution is 6.30. The molecule has 0 aliphatic carbocycles. The van der Waals surface area contributed by atoms with E-state index in [0.29, 0.717) is 21.6 Å². The Labute approximate surface area is 148 Å². The summed E-state index contributed by atoms with van der Waals surface area (Å²) in [5.74, 6) is -0.398. The van der Waals surface area contributed by atoms with E-state index in [0.717, 1.165) is 0 Å². The highest BCUT2D eigenvalue weighted by atomic mass is 35.5. The smallest absolute Gasteiger partial charge is 0.347 e. The van der Waals surface area contributed by atoms with Crippen LogP contribution in [-0.4, -0.2) is 29.6 Å². The molecule has 1 atom stereocenters. The topological polar surface area (TPSA) is 77.5 Å². The van der Waals surface area contributed by atoms with Gasteiger partial charge in [-0.2, -0.15) is 0 Å². The van der Waals surface area contributed by atoms with Crippen molar-refractivity contribution >= 4 is 40.9 Å². The molecule has 1 heterocycles. The van der Waals surface area contributed by atoms with E-state index in [2.05, 4.69) is 10.3 Å². The minimum atomic E-state index is -0.868. The summed E-state index contributed by atoms with van der Waals surface area (Å²) in [5.41, 5.74) is 0. The van der Waals surface area contributed by atoms with Crippen LogP contribution in [0.1, 0.15) is 6.92 Å². The SMILES string of the molecule is CC(Oc1ccc(Cl)cc1)C(=O)OCC(=O)Nc1ccc(Cl)cn1. The van der Waals surface area contributed by atoms with Crippen LogP contribution in [0.2, 0.25) is 10.0 Å². The van der Waals surface area contributed by atoms with Crippen molar-refractivity contribution in [3.05, 3.63) is 52.6 Å². The number of hydrogen-bond donors (Lipinski definition) is 1. The van der Waals surface area contributed by atoms with Crippen molar-refractivity contribution in [1.82, 2.24) is 4.98 Å². The zero-order chi connectivity index (χ0) is 17.5. The molecule has 2 rings (SSSR count). The molecule has 0 aliphatic heterocycles. The number of nitrogens with one attached hydrogen (secondary N) is 1. The first-order chi connectivity index (χ1) is 11.4. The number of anilines is 1. The predicted molar refractivity (Wildman–Crippen MR) is 90.4 cm³/mol. The Morgan fingerprint density at radius 3 is 2.42 bits per heavy atom. The van der Waals surface area contributed by atoms with E-state index in [1.165, 1.54) is 19.2 Å². The molecule has 24 heavy (non-hydrogen) atoms. The Hall–Kier alpha value is -2.31. The Balaban J connectivity index is 1.77. The molecule has 0 spiro atoms. The average Bonchev–Trinajstić information content (AvgIpc) is 2.57. The van der Waals surface area contributed by atoms with Gasteiger partial charge in [0.2, 0.25) is 0 Å². The monoisotopic (exact) mass is 368 g/mol. The number of nitrogens with zero attached hydrogens (tertiary/aromatic N) is 1. The zero-order valence-corrected chi connectivity index (χ0v) is 14.2. The number of hydrogen-bond acceptors (Lipinski definition) is 5. The van der Waals surface area contributed by atoms with Gasteiger partial charge in [0.1, 0.15) is 11.6 Å². The van der Waals surface area contributed by atoms with E-state index in [4.69, 9.17) is 32.7 Å². The van der Waals surface area contributed by atoms with Gasteiger partial charge in [0, 0.05) is 11.2 Å². The molecule has 0 bridgehead atoms. The summed E-state index contributed by atoms with van der Waals surface area (Å²) in [6.45, 7) is 1.08. The Bertz CT molecular complexity index is 705. The third-order valence-electron chi connectivity index (χ3n) is 2.80. The van der Waals surface area contributed by atoms with Crippen molar-refractivity contribution in [2.45, 2.75) is 13.0 Å². The number of esters is 1. The van der Waals surface area contributed by atoms with Gasteiger partial charge in [0.15, 0.2) is 12.7 Å². The normalized spacial score (nSPS) is 11.5. The molecule has 1 aromatic heterocycles. The van der Waals surface area contributed by atoms with Crippen LogP contribution in [0.5, 0.6) is 5.75 Å². The second kappa shape index (κ2) is 8.52. The van der Waals surface area contributed by atoms with Crippen LogP contribution in [-0.2, 0) is 14.3 Å². The second-order valence-corrected chi connectivity index (χ2v) is 5.60. The second-order valence-electron chi connectivity index (χ2n) is 4.73. The largest absolute Gasteiger partial charge is 0.479 e. The molecule has 1 aromatic carbocycles. The highest BCUT2D eigenvalue weighted by Gasteiger charge is 2.18. The van der Waals surface area contributed by atoms with Gasteiger partial charge in [-0.05, 0) is 43.3 Å². The minimum absolute atomic E-state index is 0.311. The summed E-state index contributed by atoms with van der Waals surface area (Å²) in [7, 11) is 0. The number of rotatable bonds is 6. The van der Waals surface area contributed by atoms with E-state index >= 15 is 0 Å². The van der Waals surface area contributed by atoms with E-state index in [1.54, 1.807) is 30.3 Å². The summed E-state index contributed by atoms with van der Waals surface area (Å²) < 4.78 is 10.3. The maximum Gasteiger partial charge on any atom is 0.347 e. The predicted octanol–water partition coefficient (Wildman–Crippen LogP) is 3.34. The van der Waals surface area contributed by atoms with Gasteiger partial charge in [0.25, 0.3) is 5.91 Å². The van der Waals surface area contributed by atoms with E-state index in [-0.39, 0.29) is 0 Å². The lowest BCUT2D eigenvalue weighted by atomic mass is 10.3. The van der Waals surface area contributed by atoms with E-state index < -0.39 is 24.6 Å². The van der Waals surface area contributed by atoms with Crippen LogP contribution in [0.4, 0.5) is 5.82 Å². The maximum absolute atomic E-state index is 11.8. The van der Waals surface area contributed by atoms with Gasteiger partial charge in [-0.1, -0.05) is 23.2 Å². The lowest BCUT2D eigenvalue weighted by Crippen LogP contribution is -2.29. The molecular formula is C16H14Cl2N2O4. The van der Waals surface area contributed by atoms with Crippen LogP contribution in [0.15, 0.2) is 42.6 Å². The number of carbonyl (C=O) groups is 2. The number of ether oxygens (including phenoxy) is 2. The number of aromatic nitrogens is 1.